The molecule has 36 valence electrons. The number of rotatable bonds is 0. The summed E-state index contributed by atoms with van der Waals surface area (Å²) in [4.78, 5) is 0.785. The van der Waals surface area contributed by atoms with Crippen molar-refractivity contribution in [3.05, 3.63) is 0 Å². The highest BCUT2D eigenvalue weighted by Gasteiger charge is 2.10. The molecule has 0 nitrogen and oxygen atoms in total. The Morgan fingerprint density at radius 2 is 1.83 bits per heavy atom. The van der Waals surface area contributed by atoms with Crippen LogP contribution >= 0.6 is 37.5 Å². The summed E-state index contributed by atoms with van der Waals surface area (Å²) in [7, 11) is 3.90. The lowest BCUT2D eigenvalue weighted by molar-refractivity contribution is 1.20. The lowest BCUT2D eigenvalue weighted by Crippen LogP contribution is -1.94. The summed E-state index contributed by atoms with van der Waals surface area (Å²) < 4.78 is 0. The van der Waals surface area contributed by atoms with Gasteiger partial charge in [0.25, 0.3) is 0 Å². The molecule has 0 bridgehead atoms. The van der Waals surface area contributed by atoms with E-state index in [9.17, 15) is 0 Å². The topological polar surface area (TPSA) is 0 Å². The van der Waals surface area contributed by atoms with Crippen molar-refractivity contribution in [2.45, 2.75) is 4.83 Å². The summed E-state index contributed by atoms with van der Waals surface area (Å²) >= 11 is 3.50. The van der Waals surface area contributed by atoms with E-state index in [1.807, 2.05) is 21.6 Å². The van der Waals surface area contributed by atoms with Crippen molar-refractivity contribution < 1.29 is 0 Å². The molecular formula is C3H5BrS2. The van der Waals surface area contributed by atoms with Gasteiger partial charge in [0.05, 0.1) is 0 Å². The first-order valence-corrected chi connectivity index (χ1v) is 5.18. The smallest absolute Gasteiger partial charge is 0.0343 e. The molecule has 0 aromatic carbocycles. The van der Waals surface area contributed by atoms with Gasteiger partial charge in [-0.25, -0.2) is 0 Å². The Morgan fingerprint density at radius 3 is 2.00 bits per heavy atom. The number of alkyl halides is 1. The summed E-state index contributed by atoms with van der Waals surface area (Å²) in [6.45, 7) is 0. The summed E-state index contributed by atoms with van der Waals surface area (Å²) in [6, 6.07) is 0. The van der Waals surface area contributed by atoms with Gasteiger partial charge >= 0.3 is 0 Å². The Balaban J connectivity index is 2.18. The van der Waals surface area contributed by atoms with Crippen molar-refractivity contribution in [3.8, 4) is 0 Å². The van der Waals surface area contributed by atoms with Crippen LogP contribution < -0.4 is 0 Å². The molecule has 0 N–H and O–H groups in total. The van der Waals surface area contributed by atoms with E-state index in [0.29, 0.717) is 0 Å². The SMILES string of the molecule is BrC1CSSC1. The lowest BCUT2D eigenvalue weighted by atomic mass is 10.6. The molecule has 0 aromatic heterocycles. The summed E-state index contributed by atoms with van der Waals surface area (Å²) in [5.74, 6) is 2.56. The van der Waals surface area contributed by atoms with Gasteiger partial charge in [-0.3, -0.25) is 0 Å². The molecule has 0 aliphatic carbocycles. The third-order valence-electron chi connectivity index (χ3n) is 0.581. The van der Waals surface area contributed by atoms with Gasteiger partial charge in [0.2, 0.25) is 0 Å². The Morgan fingerprint density at radius 1 is 1.33 bits per heavy atom. The lowest BCUT2D eigenvalue weighted by Gasteiger charge is -1.85. The zero-order chi connectivity index (χ0) is 4.41. The van der Waals surface area contributed by atoms with Crippen LogP contribution in [0.5, 0.6) is 0 Å². The van der Waals surface area contributed by atoms with Gasteiger partial charge in [-0.15, -0.1) is 0 Å². The van der Waals surface area contributed by atoms with Gasteiger partial charge in [-0.2, -0.15) is 0 Å². The minimum Gasteiger partial charge on any atom is -0.0929 e. The minimum absolute atomic E-state index is 0.785. The molecule has 0 saturated carbocycles. The monoisotopic (exact) mass is 184 g/mol. The van der Waals surface area contributed by atoms with E-state index in [2.05, 4.69) is 15.9 Å². The highest BCUT2D eigenvalue weighted by Crippen LogP contribution is 2.33. The maximum atomic E-state index is 3.50. The first-order chi connectivity index (χ1) is 2.89. The summed E-state index contributed by atoms with van der Waals surface area (Å²) in [6.07, 6.45) is 0. The van der Waals surface area contributed by atoms with E-state index in [1.54, 1.807) is 0 Å². The molecule has 1 rings (SSSR count). The predicted octanol–water partition coefficient (Wildman–Crippen LogP) is 2.14. The number of hydrogen-bond donors (Lipinski definition) is 0. The first-order valence-electron chi connectivity index (χ1n) is 1.78. The normalized spacial score (nSPS) is 25.5. The second-order valence-corrected chi connectivity index (χ2v) is 5.01. The van der Waals surface area contributed by atoms with Gasteiger partial charge in [0.1, 0.15) is 0 Å². The first kappa shape index (κ1) is 5.32. The minimum atomic E-state index is 0.785. The Hall–Kier alpha value is 1.18. The zero-order valence-electron chi connectivity index (χ0n) is 3.19. The van der Waals surface area contributed by atoms with Crippen molar-refractivity contribution in [2.24, 2.45) is 0 Å². The summed E-state index contributed by atoms with van der Waals surface area (Å²) in [5, 5.41) is 0. The third kappa shape index (κ3) is 1.35. The van der Waals surface area contributed by atoms with Crippen LogP contribution in [-0.2, 0) is 0 Å². The molecule has 1 heterocycles. The van der Waals surface area contributed by atoms with Crippen molar-refractivity contribution in [3.63, 3.8) is 0 Å². The number of hydrogen-bond acceptors (Lipinski definition) is 2. The second-order valence-electron chi connectivity index (χ2n) is 1.17. The van der Waals surface area contributed by atoms with Crippen LogP contribution in [0.3, 0.4) is 0 Å². The van der Waals surface area contributed by atoms with Crippen LogP contribution in [0.15, 0.2) is 0 Å². The number of halogens is 1. The maximum absolute atomic E-state index is 3.50. The zero-order valence-corrected chi connectivity index (χ0v) is 6.41. The van der Waals surface area contributed by atoms with Gasteiger partial charge in [0.15, 0.2) is 0 Å². The van der Waals surface area contributed by atoms with Crippen molar-refractivity contribution in [1.29, 1.82) is 0 Å². The van der Waals surface area contributed by atoms with Gasteiger partial charge in [0, 0.05) is 16.3 Å². The quantitative estimate of drug-likeness (QED) is 0.419. The molecule has 0 aromatic rings. The summed E-state index contributed by atoms with van der Waals surface area (Å²) in [5.41, 5.74) is 0. The fraction of sp³-hybridized carbons (Fsp3) is 1.00. The molecule has 0 spiro atoms. The predicted molar refractivity (Wildman–Crippen MR) is 37.6 cm³/mol. The molecule has 6 heavy (non-hydrogen) atoms. The van der Waals surface area contributed by atoms with Crippen LogP contribution in [0.4, 0.5) is 0 Å². The molecule has 3 heteroatoms. The van der Waals surface area contributed by atoms with Crippen LogP contribution in [0.2, 0.25) is 0 Å². The van der Waals surface area contributed by atoms with E-state index >= 15 is 0 Å². The molecule has 1 fully saturated rings. The highest BCUT2D eigenvalue weighted by molar-refractivity contribution is 9.10. The Kier molecular flexibility index (Phi) is 2.20. The molecule has 1 saturated heterocycles. The van der Waals surface area contributed by atoms with E-state index in [1.165, 1.54) is 11.5 Å². The molecule has 1 aliphatic heterocycles. The van der Waals surface area contributed by atoms with Crippen LogP contribution in [0, 0.1) is 0 Å². The molecular weight excluding hydrogens is 180 g/mol. The average Bonchev–Trinajstić information content (AvgIpc) is 1.86. The van der Waals surface area contributed by atoms with Gasteiger partial charge in [-0.05, 0) is 0 Å². The molecule has 0 atom stereocenters. The van der Waals surface area contributed by atoms with Crippen molar-refractivity contribution in [1.82, 2.24) is 0 Å². The fourth-order valence-electron chi connectivity index (χ4n) is 0.292. The van der Waals surface area contributed by atoms with Crippen molar-refractivity contribution >= 4 is 37.5 Å². The Labute approximate surface area is 54.0 Å². The second kappa shape index (κ2) is 2.48. The van der Waals surface area contributed by atoms with Gasteiger partial charge in [-0.1, -0.05) is 37.5 Å². The van der Waals surface area contributed by atoms with Crippen molar-refractivity contribution in [2.75, 3.05) is 11.5 Å². The Bertz CT molecular complexity index is 42.1. The van der Waals surface area contributed by atoms with E-state index in [-0.39, 0.29) is 0 Å². The molecule has 0 amide bonds. The third-order valence-corrected chi connectivity index (χ3v) is 4.65. The highest BCUT2D eigenvalue weighted by atomic mass is 79.9. The van der Waals surface area contributed by atoms with E-state index in [4.69, 9.17) is 0 Å². The largest absolute Gasteiger partial charge is 0.0929 e. The fourth-order valence-corrected chi connectivity index (χ4v) is 4.57. The van der Waals surface area contributed by atoms with Crippen LogP contribution in [0.1, 0.15) is 0 Å². The van der Waals surface area contributed by atoms with Crippen LogP contribution in [0.25, 0.3) is 0 Å². The van der Waals surface area contributed by atoms with Crippen LogP contribution in [-0.4, -0.2) is 16.3 Å². The van der Waals surface area contributed by atoms with E-state index in [0.717, 1.165) is 4.83 Å². The standard InChI is InChI=1S/C3H5BrS2/c4-3-1-5-6-2-3/h3H,1-2H2. The molecule has 1 aliphatic rings. The average molecular weight is 185 g/mol. The van der Waals surface area contributed by atoms with E-state index < -0.39 is 0 Å². The molecule has 0 radical (unpaired) electrons. The maximum Gasteiger partial charge on any atom is 0.0343 e. The molecule has 0 unspecified atom stereocenters. The van der Waals surface area contributed by atoms with Gasteiger partial charge < -0.3 is 0 Å².